The highest BCUT2D eigenvalue weighted by Crippen LogP contribution is 2.42. The Hall–Kier alpha value is -12.3. The van der Waals surface area contributed by atoms with Gasteiger partial charge in [0.05, 0.1) is 33.1 Å². The molecule has 20 rings (SSSR count). The highest BCUT2D eigenvalue weighted by Gasteiger charge is 2.24. The number of hydrogen-bond donors (Lipinski definition) is 0. The Morgan fingerprint density at radius 3 is 0.944 bits per heavy atom. The van der Waals surface area contributed by atoms with Crippen LogP contribution in [0.5, 0.6) is 0 Å². The topological polar surface area (TPSA) is 92.9 Å². The summed E-state index contributed by atoms with van der Waals surface area (Å²) in [6.45, 7) is 0. The minimum Gasteiger partial charge on any atom is -0.456 e. The number of rotatable bonds is 7. The third-order valence-corrected chi connectivity index (χ3v) is 18.5. The number of hydrogen-bond acceptors (Lipinski definition) is 6. The molecule has 0 saturated heterocycles. The molecule has 0 aliphatic heterocycles. The summed E-state index contributed by atoms with van der Waals surface area (Å²) in [6, 6.07) is 98.9. The molecule has 418 valence electrons. The zero-order valence-electron chi connectivity index (χ0n) is 48.0. The molecule has 13 aromatic carbocycles. The molecular formula is C81H46N6O3. The van der Waals surface area contributed by atoms with Crippen LogP contribution < -0.4 is 0 Å². The number of furan rings is 3. The highest BCUT2D eigenvalue weighted by molar-refractivity contribution is 6.15. The van der Waals surface area contributed by atoms with E-state index >= 15 is 0 Å². The fraction of sp³-hybridized carbons (Fsp3) is 0. The lowest BCUT2D eigenvalue weighted by molar-refractivity contribution is 0.668. The lowest BCUT2D eigenvalue weighted by Gasteiger charge is -2.14. The maximum Gasteiger partial charge on any atom is 0.240 e. The molecule has 20 aromatic rings. The first-order valence-electron chi connectivity index (χ1n) is 30.3. The van der Waals surface area contributed by atoms with Crippen LogP contribution in [0.25, 0.3) is 194 Å². The van der Waals surface area contributed by atoms with Gasteiger partial charge in [0.1, 0.15) is 33.5 Å². The van der Waals surface area contributed by atoms with Crippen LogP contribution in [0.15, 0.2) is 292 Å². The van der Waals surface area contributed by atoms with Gasteiger partial charge in [0.15, 0.2) is 5.82 Å². The van der Waals surface area contributed by atoms with Crippen molar-refractivity contribution in [1.29, 1.82) is 0 Å². The van der Waals surface area contributed by atoms with Crippen molar-refractivity contribution < 1.29 is 13.3 Å². The van der Waals surface area contributed by atoms with Crippen LogP contribution in [-0.2, 0) is 0 Å². The van der Waals surface area contributed by atoms with E-state index in [-0.39, 0.29) is 0 Å². The predicted octanol–water partition coefficient (Wildman–Crippen LogP) is 21.5. The summed E-state index contributed by atoms with van der Waals surface area (Å²) in [7, 11) is 0. The maximum atomic E-state index is 6.30. The molecule has 0 atom stereocenters. The second-order valence-electron chi connectivity index (χ2n) is 23.5. The SMILES string of the molecule is c1cc(-c2nc(-n3c4ccccc4c4ccc(-c5ccc6oc7ccccc7c6c5)cc43)nc(-n3c4ccccc4c4ccc(-c5ccc6oc7ccccc7c6c5)cc43)n2)cc(-n2c3ccccc3c3ccc(-c4ccc5oc6ccccc6c5c4)cc32)c1. The Kier molecular flexibility index (Phi) is 10.1. The highest BCUT2D eigenvalue weighted by atomic mass is 16.3. The molecule has 9 nitrogen and oxygen atoms in total. The van der Waals surface area contributed by atoms with Gasteiger partial charge in [-0.25, -0.2) is 0 Å². The van der Waals surface area contributed by atoms with Crippen LogP contribution in [0.4, 0.5) is 0 Å². The number of nitrogens with zero attached hydrogens (tertiary/aromatic N) is 6. The average molecular weight is 1150 g/mol. The minimum absolute atomic E-state index is 0.489. The monoisotopic (exact) mass is 1150 g/mol. The van der Waals surface area contributed by atoms with Gasteiger partial charge in [-0.05, 0) is 137 Å². The molecular weight excluding hydrogens is 1100 g/mol. The van der Waals surface area contributed by atoms with Gasteiger partial charge < -0.3 is 17.8 Å². The van der Waals surface area contributed by atoms with Crippen LogP contribution in [0, 0.1) is 0 Å². The summed E-state index contributed by atoms with van der Waals surface area (Å²) in [5.74, 6) is 1.50. The molecule has 0 saturated carbocycles. The van der Waals surface area contributed by atoms with Crippen molar-refractivity contribution in [3.05, 3.63) is 279 Å². The Balaban J connectivity index is 0.814. The third kappa shape index (κ3) is 7.22. The Morgan fingerprint density at radius 2 is 0.522 bits per heavy atom. The van der Waals surface area contributed by atoms with Crippen LogP contribution in [0.2, 0.25) is 0 Å². The summed E-state index contributed by atoms with van der Waals surface area (Å²) in [5, 5.41) is 13.2. The van der Waals surface area contributed by atoms with E-state index in [2.05, 4.69) is 256 Å². The van der Waals surface area contributed by atoms with E-state index in [0.29, 0.717) is 17.7 Å². The average Bonchev–Trinajstić information content (AvgIpc) is 1.64. The normalized spacial score (nSPS) is 12.2. The second-order valence-corrected chi connectivity index (χ2v) is 23.5. The van der Waals surface area contributed by atoms with E-state index in [4.69, 9.17) is 28.2 Å². The molecule has 0 aliphatic rings. The smallest absolute Gasteiger partial charge is 0.240 e. The van der Waals surface area contributed by atoms with Crippen molar-refractivity contribution in [1.82, 2.24) is 28.7 Å². The molecule has 0 amide bonds. The molecule has 7 heterocycles. The van der Waals surface area contributed by atoms with E-state index in [1.807, 2.05) is 36.4 Å². The van der Waals surface area contributed by atoms with E-state index in [0.717, 1.165) is 176 Å². The molecule has 0 N–H and O–H groups in total. The van der Waals surface area contributed by atoms with E-state index in [9.17, 15) is 0 Å². The summed E-state index contributed by atoms with van der Waals surface area (Å²) in [6.07, 6.45) is 0. The van der Waals surface area contributed by atoms with E-state index < -0.39 is 0 Å². The zero-order chi connectivity index (χ0) is 58.7. The first-order chi connectivity index (χ1) is 44.6. The maximum absolute atomic E-state index is 6.30. The van der Waals surface area contributed by atoms with Crippen molar-refractivity contribution in [3.63, 3.8) is 0 Å². The van der Waals surface area contributed by atoms with Gasteiger partial charge in [0.2, 0.25) is 11.9 Å². The molecule has 0 radical (unpaired) electrons. The Bertz CT molecular complexity index is 6200. The van der Waals surface area contributed by atoms with Gasteiger partial charge in [0, 0.05) is 75.9 Å². The number of fused-ring (bicyclic) bond motifs is 18. The molecule has 0 fully saturated rings. The molecule has 0 spiro atoms. The first kappa shape index (κ1) is 48.9. The first-order valence-corrected chi connectivity index (χ1v) is 30.3. The fourth-order valence-electron chi connectivity index (χ4n) is 14.3. The molecule has 0 aliphatic carbocycles. The molecule has 90 heavy (non-hydrogen) atoms. The van der Waals surface area contributed by atoms with Crippen LogP contribution >= 0.6 is 0 Å². The van der Waals surface area contributed by atoms with Crippen molar-refractivity contribution >= 4 is 131 Å². The lowest BCUT2D eigenvalue weighted by Crippen LogP contribution is -2.10. The lowest BCUT2D eigenvalue weighted by atomic mass is 10.0. The number of benzene rings is 13. The summed E-state index contributed by atoms with van der Waals surface area (Å²) < 4.78 is 25.7. The van der Waals surface area contributed by atoms with Gasteiger partial charge in [-0.2, -0.15) is 15.0 Å². The molecule has 0 unspecified atom stereocenters. The van der Waals surface area contributed by atoms with Gasteiger partial charge in [-0.1, -0.05) is 176 Å². The standard InChI is InChI=1S/C81H46N6O3/c1-7-22-67-55(16-1)58-34-28-50(47-31-37-76-64(41-47)61-19-4-10-25-73(61)88-76)44-70(58)85(67)54-15-13-14-53(40-54)79-82-80(86-68-23-8-2-17-56(68)59-35-29-51(45-71(59)86)48-32-38-77-65(42-48)62-20-5-11-26-74(62)89-77)84-81(83-79)87-69-24-9-3-18-57(69)60-36-30-52(46-72(60)87)49-33-39-78-66(43-49)63-21-6-12-27-75(63)90-78/h1-46H. The van der Waals surface area contributed by atoms with Crippen molar-refractivity contribution in [2.45, 2.75) is 0 Å². The zero-order valence-corrected chi connectivity index (χ0v) is 48.0. The minimum atomic E-state index is 0.489. The summed E-state index contributed by atoms with van der Waals surface area (Å²) in [4.78, 5) is 16.9. The molecule has 9 heteroatoms. The third-order valence-electron chi connectivity index (χ3n) is 18.5. The van der Waals surface area contributed by atoms with Crippen molar-refractivity contribution in [2.24, 2.45) is 0 Å². The van der Waals surface area contributed by atoms with E-state index in [1.165, 1.54) is 0 Å². The van der Waals surface area contributed by atoms with Crippen molar-refractivity contribution in [3.8, 4) is 62.4 Å². The number of para-hydroxylation sites is 6. The summed E-state index contributed by atoms with van der Waals surface area (Å²) >= 11 is 0. The Labute approximate surface area is 511 Å². The molecule has 7 aromatic heterocycles. The van der Waals surface area contributed by atoms with Crippen molar-refractivity contribution in [2.75, 3.05) is 0 Å². The Morgan fingerprint density at radius 1 is 0.200 bits per heavy atom. The van der Waals surface area contributed by atoms with Crippen LogP contribution in [-0.4, -0.2) is 28.7 Å². The van der Waals surface area contributed by atoms with Gasteiger partial charge in [-0.15, -0.1) is 0 Å². The largest absolute Gasteiger partial charge is 0.456 e. The van der Waals surface area contributed by atoms with Gasteiger partial charge in [0.25, 0.3) is 0 Å². The van der Waals surface area contributed by atoms with E-state index in [1.54, 1.807) is 0 Å². The van der Waals surface area contributed by atoms with Crippen LogP contribution in [0.1, 0.15) is 0 Å². The van der Waals surface area contributed by atoms with Crippen LogP contribution in [0.3, 0.4) is 0 Å². The predicted molar refractivity (Wildman–Crippen MR) is 366 cm³/mol. The number of aromatic nitrogens is 6. The second kappa shape index (κ2) is 18.6. The quantitative estimate of drug-likeness (QED) is 0.158. The van der Waals surface area contributed by atoms with Gasteiger partial charge >= 0.3 is 0 Å². The summed E-state index contributed by atoms with van der Waals surface area (Å²) in [5.41, 5.74) is 19.6. The van der Waals surface area contributed by atoms with Gasteiger partial charge in [-0.3, -0.25) is 9.13 Å². The fourth-order valence-corrected chi connectivity index (χ4v) is 14.3. The molecule has 0 bridgehead atoms.